The minimum absolute atomic E-state index is 0.141. The molecular formula is C16H15F3N4O2. The molecule has 0 fully saturated rings. The molecule has 0 atom stereocenters. The van der Waals surface area contributed by atoms with Crippen LogP contribution in [0.25, 0.3) is 16.8 Å². The van der Waals surface area contributed by atoms with Crippen LogP contribution in [0.15, 0.2) is 30.3 Å². The zero-order valence-electron chi connectivity index (χ0n) is 13.0. The Morgan fingerprint density at radius 2 is 2.04 bits per heavy atom. The highest BCUT2D eigenvalue weighted by Crippen LogP contribution is 2.35. The van der Waals surface area contributed by atoms with Crippen LogP contribution in [0.4, 0.5) is 18.0 Å². The summed E-state index contributed by atoms with van der Waals surface area (Å²) in [5, 5.41) is 19.1. The number of carboxylic acid groups (broad SMARTS) is 1. The number of aromatic nitrogens is 3. The predicted octanol–water partition coefficient (Wildman–Crippen LogP) is 3.41. The predicted molar refractivity (Wildman–Crippen MR) is 83.7 cm³/mol. The van der Waals surface area contributed by atoms with Gasteiger partial charge in [-0.25, -0.2) is 9.48 Å². The average Bonchev–Trinajstić information content (AvgIpc) is 2.99. The maximum Gasteiger partial charge on any atom is 0.416 e. The Hall–Kier alpha value is -2.84. The Morgan fingerprint density at radius 3 is 2.68 bits per heavy atom. The van der Waals surface area contributed by atoms with E-state index in [0.29, 0.717) is 17.8 Å². The molecule has 1 amide bonds. The van der Waals surface area contributed by atoms with E-state index in [1.54, 1.807) is 10.8 Å². The van der Waals surface area contributed by atoms with Crippen LogP contribution in [0.3, 0.4) is 0 Å². The quantitative estimate of drug-likeness (QED) is 0.887. The largest absolute Gasteiger partial charge is 0.465 e. The third-order valence-corrected chi connectivity index (χ3v) is 3.94. The van der Waals surface area contributed by atoms with E-state index < -0.39 is 17.8 Å². The summed E-state index contributed by atoms with van der Waals surface area (Å²) in [6.45, 7) is 0.801. The normalized spacial score (nSPS) is 15.9. The summed E-state index contributed by atoms with van der Waals surface area (Å²) in [7, 11) is 0. The molecule has 6 nitrogen and oxygen atoms in total. The maximum atomic E-state index is 12.7. The molecule has 1 aliphatic heterocycles. The van der Waals surface area contributed by atoms with Crippen LogP contribution in [0.2, 0.25) is 0 Å². The summed E-state index contributed by atoms with van der Waals surface area (Å²) in [4.78, 5) is 10.6. The van der Waals surface area contributed by atoms with Crippen molar-refractivity contribution in [3.63, 3.8) is 0 Å². The standard InChI is InChI=1S/C16H15F3N4O2/c17-16(18,19)12-5-3-10(4-6-12)13-14-11(7-8-20-15(24)25)2-1-9-23(14)22-21-13/h3-7,20H,1-2,8-9H2,(H,24,25)/b11-7+. The molecule has 0 spiro atoms. The number of amides is 1. The van der Waals surface area contributed by atoms with Gasteiger partial charge in [0.1, 0.15) is 5.69 Å². The zero-order valence-corrected chi connectivity index (χ0v) is 13.0. The maximum absolute atomic E-state index is 12.7. The number of hydrogen-bond donors (Lipinski definition) is 2. The van der Waals surface area contributed by atoms with Crippen LogP contribution < -0.4 is 5.32 Å². The second kappa shape index (κ2) is 6.58. The van der Waals surface area contributed by atoms with Gasteiger partial charge in [0, 0.05) is 18.7 Å². The second-order valence-electron chi connectivity index (χ2n) is 5.60. The SMILES string of the molecule is O=C(O)NC/C=C1\CCCn2nnc(-c3ccc(C(F)(F)F)cc3)c21. The number of hydrogen-bond acceptors (Lipinski definition) is 3. The molecule has 0 aliphatic carbocycles. The van der Waals surface area contributed by atoms with Gasteiger partial charge < -0.3 is 10.4 Å². The molecule has 9 heteroatoms. The van der Waals surface area contributed by atoms with Gasteiger partial charge in [-0.3, -0.25) is 0 Å². The zero-order chi connectivity index (χ0) is 18.0. The topological polar surface area (TPSA) is 80.0 Å². The molecule has 1 aromatic heterocycles. The average molecular weight is 352 g/mol. The number of rotatable bonds is 3. The van der Waals surface area contributed by atoms with Gasteiger partial charge in [-0.15, -0.1) is 5.10 Å². The van der Waals surface area contributed by atoms with Crippen molar-refractivity contribution in [2.75, 3.05) is 6.54 Å². The van der Waals surface area contributed by atoms with Crippen LogP contribution in [0.5, 0.6) is 0 Å². The first-order valence-electron chi connectivity index (χ1n) is 7.63. The van der Waals surface area contributed by atoms with Crippen molar-refractivity contribution >= 4 is 11.7 Å². The lowest BCUT2D eigenvalue weighted by Gasteiger charge is -2.17. The summed E-state index contributed by atoms with van der Waals surface area (Å²) in [6, 6.07) is 4.77. The number of benzene rings is 1. The van der Waals surface area contributed by atoms with Gasteiger partial charge in [0.2, 0.25) is 0 Å². The van der Waals surface area contributed by atoms with E-state index >= 15 is 0 Å². The number of halogens is 3. The van der Waals surface area contributed by atoms with E-state index in [-0.39, 0.29) is 6.54 Å². The van der Waals surface area contributed by atoms with Crippen LogP contribution in [-0.4, -0.2) is 32.7 Å². The molecule has 1 aromatic carbocycles. The number of nitrogens with one attached hydrogen (secondary N) is 1. The van der Waals surface area contributed by atoms with E-state index in [2.05, 4.69) is 15.6 Å². The fourth-order valence-corrected chi connectivity index (χ4v) is 2.80. The van der Waals surface area contributed by atoms with Crippen molar-refractivity contribution in [2.45, 2.75) is 25.6 Å². The highest BCUT2D eigenvalue weighted by atomic mass is 19.4. The van der Waals surface area contributed by atoms with Crippen molar-refractivity contribution < 1.29 is 23.1 Å². The fourth-order valence-electron chi connectivity index (χ4n) is 2.80. The fraction of sp³-hybridized carbons (Fsp3) is 0.312. The molecule has 0 saturated carbocycles. The van der Waals surface area contributed by atoms with E-state index in [1.165, 1.54) is 12.1 Å². The number of carbonyl (C=O) groups is 1. The molecule has 132 valence electrons. The summed E-state index contributed by atoms with van der Waals surface area (Å²) < 4.78 is 39.8. The molecular weight excluding hydrogens is 337 g/mol. The number of alkyl halides is 3. The Bertz CT molecular complexity index is 810. The molecule has 0 bridgehead atoms. The van der Waals surface area contributed by atoms with Crippen molar-refractivity contribution in [1.29, 1.82) is 0 Å². The Kier molecular flexibility index (Phi) is 4.47. The molecule has 2 heterocycles. The molecule has 0 unspecified atom stereocenters. The molecule has 1 aliphatic rings. The van der Waals surface area contributed by atoms with Crippen LogP contribution >= 0.6 is 0 Å². The monoisotopic (exact) mass is 352 g/mol. The lowest BCUT2D eigenvalue weighted by molar-refractivity contribution is -0.137. The van der Waals surface area contributed by atoms with Gasteiger partial charge in [0.15, 0.2) is 0 Å². The van der Waals surface area contributed by atoms with Gasteiger partial charge in [-0.05, 0) is 30.5 Å². The third kappa shape index (κ3) is 3.65. The first-order valence-corrected chi connectivity index (χ1v) is 7.63. The molecule has 25 heavy (non-hydrogen) atoms. The van der Waals surface area contributed by atoms with Crippen molar-refractivity contribution in [3.05, 3.63) is 41.6 Å². The van der Waals surface area contributed by atoms with Crippen LogP contribution in [0, 0.1) is 0 Å². The highest BCUT2D eigenvalue weighted by Gasteiger charge is 2.30. The first-order chi connectivity index (χ1) is 11.9. The van der Waals surface area contributed by atoms with Gasteiger partial charge >= 0.3 is 12.3 Å². The third-order valence-electron chi connectivity index (χ3n) is 3.94. The van der Waals surface area contributed by atoms with Crippen molar-refractivity contribution in [1.82, 2.24) is 20.3 Å². The van der Waals surface area contributed by atoms with Gasteiger partial charge in [-0.2, -0.15) is 13.2 Å². The summed E-state index contributed by atoms with van der Waals surface area (Å²) in [5.41, 5.74) is 1.90. The minimum atomic E-state index is -4.39. The second-order valence-corrected chi connectivity index (χ2v) is 5.60. The number of aryl methyl sites for hydroxylation is 1. The van der Waals surface area contributed by atoms with Gasteiger partial charge in [0.05, 0.1) is 11.3 Å². The smallest absolute Gasteiger partial charge is 0.416 e. The van der Waals surface area contributed by atoms with E-state index in [0.717, 1.165) is 36.2 Å². The summed E-state index contributed by atoms with van der Waals surface area (Å²) >= 11 is 0. The summed E-state index contributed by atoms with van der Waals surface area (Å²) in [6.07, 6.45) is -2.21. The van der Waals surface area contributed by atoms with E-state index in [4.69, 9.17) is 5.11 Å². The summed E-state index contributed by atoms with van der Waals surface area (Å²) in [5.74, 6) is 0. The molecule has 2 N–H and O–H groups in total. The lowest BCUT2D eigenvalue weighted by atomic mass is 9.97. The van der Waals surface area contributed by atoms with Gasteiger partial charge in [0.25, 0.3) is 0 Å². The van der Waals surface area contributed by atoms with E-state index in [9.17, 15) is 18.0 Å². The first kappa shape index (κ1) is 17.0. The number of nitrogens with zero attached hydrogens (tertiary/aromatic N) is 3. The van der Waals surface area contributed by atoms with E-state index in [1.807, 2.05) is 0 Å². The lowest BCUT2D eigenvalue weighted by Crippen LogP contribution is -2.21. The molecule has 0 saturated heterocycles. The van der Waals surface area contributed by atoms with Crippen molar-refractivity contribution in [3.8, 4) is 11.3 Å². The highest BCUT2D eigenvalue weighted by molar-refractivity contribution is 5.77. The Morgan fingerprint density at radius 1 is 1.32 bits per heavy atom. The number of allylic oxidation sites excluding steroid dienone is 1. The van der Waals surface area contributed by atoms with Gasteiger partial charge in [-0.1, -0.05) is 23.4 Å². The minimum Gasteiger partial charge on any atom is -0.465 e. The number of fused-ring (bicyclic) bond motifs is 1. The molecule has 2 aromatic rings. The molecule has 3 rings (SSSR count). The molecule has 0 radical (unpaired) electrons. The van der Waals surface area contributed by atoms with Crippen molar-refractivity contribution in [2.24, 2.45) is 0 Å². The van der Waals surface area contributed by atoms with Crippen LogP contribution in [-0.2, 0) is 12.7 Å². The van der Waals surface area contributed by atoms with Crippen LogP contribution in [0.1, 0.15) is 24.1 Å². The Balaban J connectivity index is 1.94. The Labute approximate surface area is 141 Å².